The van der Waals surface area contributed by atoms with Gasteiger partial charge in [0.05, 0.1) is 25.9 Å². The van der Waals surface area contributed by atoms with E-state index in [-0.39, 0.29) is 36.9 Å². The van der Waals surface area contributed by atoms with Crippen LogP contribution in [-0.2, 0) is 19.5 Å². The van der Waals surface area contributed by atoms with Crippen LogP contribution in [0.5, 0.6) is 0 Å². The SMILES string of the molecule is COC(=O)N1[C@H](C)C[C@H](NS(=O)(=O)CC(F)F)[C@@H]1COC1CCC(c2cccc(F)c2)CC1. The van der Waals surface area contributed by atoms with Gasteiger partial charge in [-0.15, -0.1) is 0 Å². The van der Waals surface area contributed by atoms with Crippen molar-refractivity contribution in [1.82, 2.24) is 9.62 Å². The zero-order valence-electron chi connectivity index (χ0n) is 18.8. The van der Waals surface area contributed by atoms with Gasteiger partial charge in [-0.3, -0.25) is 4.90 Å². The monoisotopic (exact) mass is 492 g/mol. The van der Waals surface area contributed by atoms with Crippen LogP contribution in [0.1, 0.15) is 50.5 Å². The predicted octanol–water partition coefficient (Wildman–Crippen LogP) is 3.65. The van der Waals surface area contributed by atoms with Gasteiger partial charge in [0.1, 0.15) is 11.6 Å². The number of amides is 1. The molecule has 3 atom stereocenters. The fraction of sp³-hybridized carbons (Fsp3) is 0.682. The number of ether oxygens (including phenoxy) is 2. The van der Waals surface area contributed by atoms with E-state index < -0.39 is 40.4 Å². The fourth-order valence-electron chi connectivity index (χ4n) is 4.91. The van der Waals surface area contributed by atoms with Gasteiger partial charge < -0.3 is 9.47 Å². The molecule has 0 radical (unpaired) electrons. The van der Waals surface area contributed by atoms with Gasteiger partial charge in [-0.25, -0.2) is 31.1 Å². The van der Waals surface area contributed by atoms with Crippen LogP contribution in [0, 0.1) is 5.82 Å². The van der Waals surface area contributed by atoms with E-state index in [9.17, 15) is 26.4 Å². The minimum absolute atomic E-state index is 0.0522. The van der Waals surface area contributed by atoms with Crippen LogP contribution in [0.15, 0.2) is 24.3 Å². The molecule has 0 bridgehead atoms. The Morgan fingerprint density at radius 3 is 2.55 bits per heavy atom. The Bertz CT molecular complexity index is 909. The van der Waals surface area contributed by atoms with Crippen molar-refractivity contribution in [2.45, 2.75) is 75.6 Å². The number of methoxy groups -OCH3 is 1. The first-order valence-electron chi connectivity index (χ1n) is 11.1. The molecule has 11 heteroatoms. The summed E-state index contributed by atoms with van der Waals surface area (Å²) in [6.45, 7) is 1.80. The van der Waals surface area contributed by atoms with Crippen molar-refractivity contribution < 1.29 is 35.9 Å². The number of alkyl halides is 2. The number of rotatable bonds is 8. The van der Waals surface area contributed by atoms with Crippen molar-refractivity contribution in [2.75, 3.05) is 19.5 Å². The van der Waals surface area contributed by atoms with Gasteiger partial charge in [-0.2, -0.15) is 0 Å². The standard InChI is InChI=1S/C22H31F3N2O5S/c1-14-10-19(26-33(29,30)13-21(24)25)20(27(14)22(28)31-2)12-32-18-8-6-15(7-9-18)16-4-3-5-17(23)11-16/h3-5,11,14-15,18-21,26H,6-10,12-13H2,1-2H3/t14-,15?,18?,19+,20+/m1/s1. The summed E-state index contributed by atoms with van der Waals surface area (Å²) in [4.78, 5) is 13.7. The van der Waals surface area contributed by atoms with Gasteiger partial charge >= 0.3 is 6.09 Å². The maximum atomic E-state index is 13.5. The third kappa shape index (κ3) is 6.83. The van der Waals surface area contributed by atoms with Crippen LogP contribution in [0.25, 0.3) is 0 Å². The third-order valence-electron chi connectivity index (χ3n) is 6.45. The zero-order valence-corrected chi connectivity index (χ0v) is 19.6. The highest BCUT2D eigenvalue weighted by atomic mass is 32.2. The summed E-state index contributed by atoms with van der Waals surface area (Å²) in [5.41, 5.74) is 0.962. The molecule has 1 aromatic rings. The van der Waals surface area contributed by atoms with Gasteiger partial charge in [-0.1, -0.05) is 12.1 Å². The molecule has 1 saturated heterocycles. The summed E-state index contributed by atoms with van der Waals surface area (Å²) in [6.07, 6.45) is -0.336. The molecule has 0 unspecified atom stereocenters. The number of sulfonamides is 1. The summed E-state index contributed by atoms with van der Waals surface area (Å²) in [5.74, 6) is -1.31. The molecule has 1 saturated carbocycles. The molecule has 2 fully saturated rings. The second-order valence-corrected chi connectivity index (χ2v) is 10.6. The number of carbonyl (C=O) groups is 1. The summed E-state index contributed by atoms with van der Waals surface area (Å²) in [6, 6.07) is 4.79. The third-order valence-corrected chi connectivity index (χ3v) is 7.80. The predicted molar refractivity (Wildman–Crippen MR) is 116 cm³/mol. The first kappa shape index (κ1) is 25.8. The number of hydrogen-bond donors (Lipinski definition) is 1. The molecule has 1 heterocycles. The lowest BCUT2D eigenvalue weighted by Crippen LogP contribution is -2.51. The van der Waals surface area contributed by atoms with E-state index in [1.54, 1.807) is 19.1 Å². The van der Waals surface area contributed by atoms with E-state index in [2.05, 4.69) is 4.72 Å². The Kier molecular flexibility index (Phi) is 8.63. The highest BCUT2D eigenvalue weighted by Gasteiger charge is 2.44. The van der Waals surface area contributed by atoms with Crippen LogP contribution < -0.4 is 4.72 Å². The largest absolute Gasteiger partial charge is 0.453 e. The van der Waals surface area contributed by atoms with Crippen molar-refractivity contribution >= 4 is 16.1 Å². The Morgan fingerprint density at radius 1 is 1.24 bits per heavy atom. The summed E-state index contributed by atoms with van der Waals surface area (Å²) in [5, 5.41) is 0. The van der Waals surface area contributed by atoms with E-state index in [0.717, 1.165) is 31.2 Å². The number of nitrogens with zero attached hydrogens (tertiary/aromatic N) is 1. The molecule has 0 aromatic heterocycles. The number of likely N-dealkylation sites (tertiary alicyclic amines) is 1. The first-order valence-corrected chi connectivity index (χ1v) is 12.8. The molecule has 1 N–H and O–H groups in total. The van der Waals surface area contributed by atoms with Crippen LogP contribution in [0.2, 0.25) is 0 Å². The molecule has 3 rings (SSSR count). The van der Waals surface area contributed by atoms with Crippen LogP contribution in [-0.4, -0.2) is 69.5 Å². The van der Waals surface area contributed by atoms with E-state index in [1.807, 2.05) is 6.07 Å². The average molecular weight is 493 g/mol. The second kappa shape index (κ2) is 11.1. The Morgan fingerprint density at radius 2 is 1.94 bits per heavy atom. The molecule has 1 aliphatic heterocycles. The van der Waals surface area contributed by atoms with Gasteiger partial charge in [0.25, 0.3) is 6.43 Å². The quantitative estimate of drug-likeness (QED) is 0.599. The molecular formula is C22H31F3N2O5S. The van der Waals surface area contributed by atoms with E-state index in [1.165, 1.54) is 18.1 Å². The van der Waals surface area contributed by atoms with Crippen LogP contribution in [0.3, 0.4) is 0 Å². The minimum Gasteiger partial charge on any atom is -0.453 e. The molecule has 1 amide bonds. The molecule has 186 valence electrons. The van der Waals surface area contributed by atoms with Gasteiger partial charge in [0.2, 0.25) is 10.0 Å². The molecular weight excluding hydrogens is 461 g/mol. The van der Waals surface area contributed by atoms with Crippen molar-refractivity contribution in [1.29, 1.82) is 0 Å². The van der Waals surface area contributed by atoms with Crippen LogP contribution in [0.4, 0.5) is 18.0 Å². The van der Waals surface area contributed by atoms with E-state index >= 15 is 0 Å². The number of hydrogen-bond acceptors (Lipinski definition) is 5. The van der Waals surface area contributed by atoms with Gasteiger partial charge in [-0.05, 0) is 62.6 Å². The highest BCUT2D eigenvalue weighted by molar-refractivity contribution is 7.89. The summed E-state index contributed by atoms with van der Waals surface area (Å²) in [7, 11) is -2.99. The topological polar surface area (TPSA) is 84.9 Å². The van der Waals surface area contributed by atoms with Gasteiger partial charge in [0.15, 0.2) is 0 Å². The number of halogens is 3. The lowest BCUT2D eigenvalue weighted by Gasteiger charge is -2.33. The maximum Gasteiger partial charge on any atom is 0.410 e. The lowest BCUT2D eigenvalue weighted by atomic mass is 9.82. The maximum absolute atomic E-state index is 13.5. The first-order chi connectivity index (χ1) is 15.6. The smallest absolute Gasteiger partial charge is 0.410 e. The molecule has 1 aliphatic carbocycles. The fourth-order valence-corrected chi connectivity index (χ4v) is 6.05. The molecule has 2 aliphatic rings. The molecule has 7 nitrogen and oxygen atoms in total. The van der Waals surface area contributed by atoms with Crippen molar-refractivity contribution in [2.24, 2.45) is 0 Å². The Balaban J connectivity index is 1.62. The van der Waals surface area contributed by atoms with Gasteiger partial charge in [0, 0.05) is 12.1 Å². The minimum atomic E-state index is -4.23. The number of nitrogens with one attached hydrogen (secondary N) is 1. The highest BCUT2D eigenvalue weighted by Crippen LogP contribution is 2.35. The van der Waals surface area contributed by atoms with Crippen molar-refractivity contribution in [3.8, 4) is 0 Å². The Labute approximate surface area is 192 Å². The summed E-state index contributed by atoms with van der Waals surface area (Å²) < 4.78 is 76.3. The normalized spacial score (nSPS) is 28.3. The Hall–Kier alpha value is -1.85. The second-order valence-electron chi connectivity index (χ2n) is 8.79. The van der Waals surface area contributed by atoms with Crippen molar-refractivity contribution in [3.63, 3.8) is 0 Å². The number of benzene rings is 1. The summed E-state index contributed by atoms with van der Waals surface area (Å²) >= 11 is 0. The average Bonchev–Trinajstić information content (AvgIpc) is 3.04. The van der Waals surface area contributed by atoms with Crippen molar-refractivity contribution in [3.05, 3.63) is 35.6 Å². The van der Waals surface area contributed by atoms with E-state index in [4.69, 9.17) is 9.47 Å². The molecule has 33 heavy (non-hydrogen) atoms. The molecule has 1 aromatic carbocycles. The molecule has 0 spiro atoms. The van der Waals surface area contributed by atoms with Crippen LogP contribution >= 0.6 is 0 Å². The zero-order chi connectivity index (χ0) is 24.2. The van der Waals surface area contributed by atoms with E-state index in [0.29, 0.717) is 0 Å². The number of carbonyl (C=O) groups excluding carboxylic acids is 1. The lowest BCUT2D eigenvalue weighted by molar-refractivity contribution is -0.00862.